The average molecular weight is 491 g/mol. The van der Waals surface area contributed by atoms with E-state index in [0.29, 0.717) is 23.8 Å². The highest BCUT2D eigenvalue weighted by molar-refractivity contribution is 14.0. The molecule has 0 aromatic heterocycles. The standard InChI is InChI=1S/C19H23F2N3O2.HI/c1-22-19(23-11-10-14-6-4-3-5-7-14)24-13-15-12-16(25-2)8-9-17(15)26-18(20)21;/h3-9,12,18H,10-11,13H2,1-2H3,(H2,22,23,24);1H. The highest BCUT2D eigenvalue weighted by Gasteiger charge is 2.11. The lowest BCUT2D eigenvalue weighted by Gasteiger charge is -2.15. The van der Waals surface area contributed by atoms with Crippen LogP contribution in [0.5, 0.6) is 11.5 Å². The van der Waals surface area contributed by atoms with Crippen LogP contribution in [0.2, 0.25) is 0 Å². The zero-order valence-corrected chi connectivity index (χ0v) is 17.6. The Morgan fingerprint density at radius 3 is 2.48 bits per heavy atom. The first-order valence-electron chi connectivity index (χ1n) is 8.22. The smallest absolute Gasteiger partial charge is 0.387 e. The van der Waals surface area contributed by atoms with Crippen molar-refractivity contribution in [3.8, 4) is 11.5 Å². The summed E-state index contributed by atoms with van der Waals surface area (Å²) in [5.74, 6) is 1.25. The first-order chi connectivity index (χ1) is 12.6. The summed E-state index contributed by atoms with van der Waals surface area (Å²) in [6, 6.07) is 14.8. The average Bonchev–Trinajstić information content (AvgIpc) is 2.65. The van der Waals surface area contributed by atoms with Gasteiger partial charge in [0.25, 0.3) is 0 Å². The minimum atomic E-state index is -2.88. The SMILES string of the molecule is CN=C(NCCc1ccccc1)NCc1cc(OC)ccc1OC(F)F.I. The van der Waals surface area contributed by atoms with Crippen LogP contribution in [0.3, 0.4) is 0 Å². The Bertz CT molecular complexity index is 715. The van der Waals surface area contributed by atoms with E-state index in [2.05, 4.69) is 32.5 Å². The Balaban J connectivity index is 0.00000364. The molecule has 2 aromatic carbocycles. The molecular formula is C19H24F2IN3O2. The van der Waals surface area contributed by atoms with Crippen molar-refractivity contribution in [2.45, 2.75) is 19.6 Å². The highest BCUT2D eigenvalue weighted by Crippen LogP contribution is 2.25. The van der Waals surface area contributed by atoms with Crippen LogP contribution in [-0.4, -0.2) is 33.3 Å². The topological polar surface area (TPSA) is 54.9 Å². The predicted octanol–water partition coefficient (Wildman–Crippen LogP) is 3.82. The first-order valence-corrected chi connectivity index (χ1v) is 8.22. The van der Waals surface area contributed by atoms with Crippen molar-refractivity contribution < 1.29 is 18.3 Å². The van der Waals surface area contributed by atoms with Crippen molar-refractivity contribution in [3.05, 3.63) is 59.7 Å². The second-order valence-corrected chi connectivity index (χ2v) is 5.44. The highest BCUT2D eigenvalue weighted by atomic mass is 127. The molecule has 0 atom stereocenters. The van der Waals surface area contributed by atoms with Gasteiger partial charge < -0.3 is 20.1 Å². The number of hydrogen-bond donors (Lipinski definition) is 2. The summed E-state index contributed by atoms with van der Waals surface area (Å²) in [6.07, 6.45) is 0.848. The molecule has 0 aliphatic rings. The first kappa shape index (κ1) is 22.9. The number of hydrogen-bond acceptors (Lipinski definition) is 3. The summed E-state index contributed by atoms with van der Waals surface area (Å²) in [6.45, 7) is -1.92. The molecule has 0 amide bonds. The van der Waals surface area contributed by atoms with E-state index in [-0.39, 0.29) is 36.3 Å². The third-order valence-electron chi connectivity index (χ3n) is 3.70. The number of guanidine groups is 1. The van der Waals surface area contributed by atoms with E-state index >= 15 is 0 Å². The number of methoxy groups -OCH3 is 1. The Morgan fingerprint density at radius 1 is 1.11 bits per heavy atom. The van der Waals surface area contributed by atoms with Crippen LogP contribution in [0.1, 0.15) is 11.1 Å². The largest absolute Gasteiger partial charge is 0.497 e. The Morgan fingerprint density at radius 2 is 1.85 bits per heavy atom. The fourth-order valence-electron chi connectivity index (χ4n) is 2.40. The van der Waals surface area contributed by atoms with Crippen molar-refractivity contribution in [2.75, 3.05) is 20.7 Å². The number of ether oxygens (including phenoxy) is 2. The second-order valence-electron chi connectivity index (χ2n) is 5.44. The van der Waals surface area contributed by atoms with Gasteiger partial charge in [-0.05, 0) is 30.2 Å². The van der Waals surface area contributed by atoms with Gasteiger partial charge in [0.1, 0.15) is 11.5 Å². The maximum atomic E-state index is 12.6. The molecule has 0 heterocycles. The quantitative estimate of drug-likeness (QED) is 0.335. The Labute approximate surface area is 175 Å². The fourth-order valence-corrected chi connectivity index (χ4v) is 2.40. The van der Waals surface area contributed by atoms with Crippen LogP contribution in [0.25, 0.3) is 0 Å². The van der Waals surface area contributed by atoms with Crippen LogP contribution in [0, 0.1) is 0 Å². The van der Waals surface area contributed by atoms with Gasteiger partial charge in [-0.1, -0.05) is 30.3 Å². The van der Waals surface area contributed by atoms with Crippen molar-refractivity contribution in [1.29, 1.82) is 0 Å². The van der Waals surface area contributed by atoms with E-state index < -0.39 is 6.61 Å². The molecule has 0 saturated carbocycles. The summed E-state index contributed by atoms with van der Waals surface area (Å²) >= 11 is 0. The fraction of sp³-hybridized carbons (Fsp3) is 0.316. The van der Waals surface area contributed by atoms with Crippen molar-refractivity contribution in [1.82, 2.24) is 10.6 Å². The molecule has 8 heteroatoms. The number of nitrogens with zero attached hydrogens (tertiary/aromatic N) is 1. The van der Waals surface area contributed by atoms with Crippen LogP contribution in [-0.2, 0) is 13.0 Å². The third kappa shape index (κ3) is 7.98. The molecule has 0 saturated heterocycles. The number of alkyl halides is 2. The van der Waals surface area contributed by atoms with Gasteiger partial charge in [0.15, 0.2) is 5.96 Å². The monoisotopic (exact) mass is 491 g/mol. The van der Waals surface area contributed by atoms with Crippen LogP contribution in [0.4, 0.5) is 8.78 Å². The lowest BCUT2D eigenvalue weighted by molar-refractivity contribution is -0.0504. The van der Waals surface area contributed by atoms with Gasteiger partial charge in [0.05, 0.1) is 7.11 Å². The minimum absolute atomic E-state index is 0. The maximum absolute atomic E-state index is 12.6. The van der Waals surface area contributed by atoms with Gasteiger partial charge in [-0.15, -0.1) is 24.0 Å². The molecule has 0 radical (unpaired) electrons. The lowest BCUT2D eigenvalue weighted by Crippen LogP contribution is -2.38. The van der Waals surface area contributed by atoms with Gasteiger partial charge in [0, 0.05) is 25.7 Å². The summed E-state index contributed by atoms with van der Waals surface area (Å²) < 4.78 is 34.8. The Kier molecular flexibility index (Phi) is 10.5. The van der Waals surface area contributed by atoms with E-state index in [4.69, 9.17) is 4.74 Å². The van der Waals surface area contributed by atoms with Gasteiger partial charge in [-0.3, -0.25) is 4.99 Å². The van der Waals surface area contributed by atoms with E-state index in [1.807, 2.05) is 18.2 Å². The zero-order chi connectivity index (χ0) is 18.8. The summed E-state index contributed by atoms with van der Waals surface area (Å²) in [4.78, 5) is 4.14. The van der Waals surface area contributed by atoms with Crippen molar-refractivity contribution in [3.63, 3.8) is 0 Å². The minimum Gasteiger partial charge on any atom is -0.497 e. The summed E-state index contributed by atoms with van der Waals surface area (Å²) in [7, 11) is 3.17. The van der Waals surface area contributed by atoms with E-state index in [1.54, 1.807) is 19.2 Å². The third-order valence-corrected chi connectivity index (χ3v) is 3.70. The van der Waals surface area contributed by atoms with Crippen LogP contribution < -0.4 is 20.1 Å². The van der Waals surface area contributed by atoms with Crippen LogP contribution >= 0.6 is 24.0 Å². The molecule has 0 aliphatic carbocycles. The molecule has 0 unspecified atom stereocenters. The number of benzene rings is 2. The summed E-state index contributed by atoms with van der Waals surface area (Å²) in [5, 5.41) is 6.29. The lowest BCUT2D eigenvalue weighted by atomic mass is 10.1. The molecule has 0 fully saturated rings. The number of nitrogens with one attached hydrogen (secondary N) is 2. The van der Waals surface area contributed by atoms with Crippen molar-refractivity contribution >= 4 is 29.9 Å². The molecule has 5 nitrogen and oxygen atoms in total. The molecule has 2 aromatic rings. The van der Waals surface area contributed by atoms with E-state index in [1.165, 1.54) is 18.7 Å². The molecule has 0 bridgehead atoms. The predicted molar refractivity (Wildman–Crippen MR) is 113 cm³/mol. The second kappa shape index (κ2) is 12.3. The summed E-state index contributed by atoms with van der Waals surface area (Å²) in [5.41, 5.74) is 1.77. The zero-order valence-electron chi connectivity index (χ0n) is 15.2. The number of rotatable bonds is 8. The number of halogens is 3. The maximum Gasteiger partial charge on any atom is 0.387 e. The van der Waals surface area contributed by atoms with E-state index in [0.717, 1.165) is 6.42 Å². The molecule has 0 aliphatic heterocycles. The Hall–Kier alpha value is -2.10. The normalized spacial score (nSPS) is 10.9. The molecule has 148 valence electrons. The van der Waals surface area contributed by atoms with Gasteiger partial charge >= 0.3 is 6.61 Å². The molecular weight excluding hydrogens is 467 g/mol. The molecule has 2 N–H and O–H groups in total. The van der Waals surface area contributed by atoms with Gasteiger partial charge in [-0.25, -0.2) is 0 Å². The van der Waals surface area contributed by atoms with Crippen LogP contribution in [0.15, 0.2) is 53.5 Å². The molecule has 27 heavy (non-hydrogen) atoms. The molecule has 2 rings (SSSR count). The van der Waals surface area contributed by atoms with Gasteiger partial charge in [0.2, 0.25) is 0 Å². The molecule has 0 spiro atoms. The van der Waals surface area contributed by atoms with E-state index in [9.17, 15) is 8.78 Å². The van der Waals surface area contributed by atoms with Crippen molar-refractivity contribution in [2.24, 2.45) is 4.99 Å². The number of aliphatic imine (C=N–C) groups is 1. The van der Waals surface area contributed by atoms with Gasteiger partial charge in [-0.2, -0.15) is 8.78 Å².